The van der Waals surface area contributed by atoms with Crippen molar-refractivity contribution in [3.8, 4) is 11.5 Å². The zero-order valence-corrected chi connectivity index (χ0v) is 17.5. The van der Waals surface area contributed by atoms with E-state index < -0.39 is 5.97 Å². The molecule has 31 heavy (non-hydrogen) atoms. The standard InChI is InChI=1S/C27H26O4/c28-25(22-17-15-21(16-18-22)20-9-3-1-4-10-20)19-30-27(29)24-13-7-8-14-26(24)31-23-11-5-2-6-12-23/h2,5-8,11-18,20H,1,3-4,9-10,19H2. The van der Waals surface area contributed by atoms with Crippen LogP contribution in [0.15, 0.2) is 78.9 Å². The number of ether oxygens (including phenoxy) is 2. The summed E-state index contributed by atoms with van der Waals surface area (Å²) >= 11 is 0. The second-order valence-electron chi connectivity index (χ2n) is 7.87. The van der Waals surface area contributed by atoms with Gasteiger partial charge in [0, 0.05) is 5.56 Å². The average Bonchev–Trinajstić information content (AvgIpc) is 2.84. The largest absolute Gasteiger partial charge is 0.456 e. The van der Waals surface area contributed by atoms with E-state index in [4.69, 9.17) is 9.47 Å². The Hall–Kier alpha value is -3.40. The Kier molecular flexibility index (Phi) is 6.78. The van der Waals surface area contributed by atoms with Crippen molar-refractivity contribution >= 4 is 11.8 Å². The molecule has 0 radical (unpaired) electrons. The van der Waals surface area contributed by atoms with Crippen molar-refractivity contribution in [3.05, 3.63) is 95.6 Å². The molecule has 4 nitrogen and oxygen atoms in total. The molecule has 1 aliphatic carbocycles. The third-order valence-electron chi connectivity index (χ3n) is 5.72. The quantitative estimate of drug-likeness (QED) is 0.324. The molecule has 3 aromatic rings. The predicted molar refractivity (Wildman–Crippen MR) is 120 cm³/mol. The van der Waals surface area contributed by atoms with E-state index in [1.54, 1.807) is 24.3 Å². The minimum Gasteiger partial charge on any atom is -0.456 e. The highest BCUT2D eigenvalue weighted by Crippen LogP contribution is 2.32. The van der Waals surface area contributed by atoms with Gasteiger partial charge in [-0.1, -0.05) is 73.9 Å². The molecule has 0 aromatic heterocycles. The molecule has 1 saturated carbocycles. The molecule has 0 aliphatic heterocycles. The monoisotopic (exact) mass is 414 g/mol. The number of hydrogen-bond donors (Lipinski definition) is 0. The molecule has 0 N–H and O–H groups in total. The molecule has 4 heteroatoms. The number of hydrogen-bond acceptors (Lipinski definition) is 4. The van der Waals surface area contributed by atoms with Gasteiger partial charge in [0.05, 0.1) is 0 Å². The Labute approximate surface area is 182 Å². The summed E-state index contributed by atoms with van der Waals surface area (Å²) in [6.45, 7) is -0.304. The van der Waals surface area contributed by atoms with Crippen molar-refractivity contribution in [1.82, 2.24) is 0 Å². The first-order valence-electron chi connectivity index (χ1n) is 10.8. The molecule has 1 fully saturated rings. The highest BCUT2D eigenvalue weighted by Gasteiger charge is 2.18. The summed E-state index contributed by atoms with van der Waals surface area (Å²) in [4.78, 5) is 25.1. The van der Waals surface area contributed by atoms with Crippen LogP contribution in [0.4, 0.5) is 0 Å². The zero-order chi connectivity index (χ0) is 21.5. The summed E-state index contributed by atoms with van der Waals surface area (Å²) in [7, 11) is 0. The molecule has 0 bridgehead atoms. The van der Waals surface area contributed by atoms with Gasteiger partial charge in [0.15, 0.2) is 12.4 Å². The molecular weight excluding hydrogens is 388 g/mol. The Morgan fingerprint density at radius 3 is 2.19 bits per heavy atom. The summed E-state index contributed by atoms with van der Waals surface area (Å²) in [6.07, 6.45) is 6.30. The third kappa shape index (κ3) is 5.40. The number of ketones is 1. The fourth-order valence-electron chi connectivity index (χ4n) is 4.01. The van der Waals surface area contributed by atoms with Gasteiger partial charge in [-0.15, -0.1) is 0 Å². The maximum absolute atomic E-state index is 12.6. The van der Waals surface area contributed by atoms with Crippen LogP contribution >= 0.6 is 0 Å². The molecule has 158 valence electrons. The molecule has 3 aromatic carbocycles. The maximum Gasteiger partial charge on any atom is 0.342 e. The van der Waals surface area contributed by atoms with E-state index >= 15 is 0 Å². The van der Waals surface area contributed by atoms with E-state index in [0.717, 1.165) is 0 Å². The summed E-state index contributed by atoms with van der Waals surface area (Å²) in [5.74, 6) is 0.806. The number of Topliss-reactive ketones (excluding diaryl/α,β-unsaturated/α-hetero) is 1. The van der Waals surface area contributed by atoms with Crippen molar-refractivity contribution in [2.45, 2.75) is 38.0 Å². The number of esters is 1. The molecule has 0 saturated heterocycles. The number of para-hydroxylation sites is 2. The van der Waals surface area contributed by atoms with Gasteiger partial charge in [-0.05, 0) is 48.6 Å². The van der Waals surface area contributed by atoms with Gasteiger partial charge in [-0.2, -0.15) is 0 Å². The van der Waals surface area contributed by atoms with Crippen LogP contribution in [0.1, 0.15) is 64.3 Å². The number of rotatable bonds is 7. The van der Waals surface area contributed by atoms with Crippen LogP contribution in [0.2, 0.25) is 0 Å². The number of benzene rings is 3. The fraction of sp³-hybridized carbons (Fsp3) is 0.259. The Bertz CT molecular complexity index is 1020. The highest BCUT2D eigenvalue weighted by atomic mass is 16.5. The molecule has 0 atom stereocenters. The third-order valence-corrected chi connectivity index (χ3v) is 5.72. The summed E-state index contributed by atoms with van der Waals surface area (Å²) in [6, 6.07) is 23.8. The first-order valence-corrected chi connectivity index (χ1v) is 10.8. The minimum atomic E-state index is -0.585. The lowest BCUT2D eigenvalue weighted by Gasteiger charge is -2.22. The van der Waals surface area contributed by atoms with Crippen LogP contribution in [0, 0.1) is 0 Å². The van der Waals surface area contributed by atoms with Crippen molar-refractivity contribution in [1.29, 1.82) is 0 Å². The Balaban J connectivity index is 1.37. The van der Waals surface area contributed by atoms with Gasteiger partial charge >= 0.3 is 5.97 Å². The molecule has 0 amide bonds. The predicted octanol–water partition coefficient (Wildman–Crippen LogP) is 6.57. The highest BCUT2D eigenvalue weighted by molar-refractivity contribution is 6.00. The zero-order valence-electron chi connectivity index (χ0n) is 17.5. The van der Waals surface area contributed by atoms with Crippen molar-refractivity contribution < 1.29 is 19.1 Å². The lowest BCUT2D eigenvalue weighted by Crippen LogP contribution is -2.15. The number of carbonyl (C=O) groups excluding carboxylic acids is 2. The molecule has 4 rings (SSSR count). The molecule has 0 unspecified atom stereocenters. The van der Waals surface area contributed by atoms with Gasteiger partial charge < -0.3 is 9.47 Å². The van der Waals surface area contributed by atoms with Crippen LogP contribution in [-0.2, 0) is 4.74 Å². The van der Waals surface area contributed by atoms with Crippen LogP contribution in [0.25, 0.3) is 0 Å². The van der Waals surface area contributed by atoms with Crippen molar-refractivity contribution in [2.75, 3.05) is 6.61 Å². The number of carbonyl (C=O) groups is 2. The molecule has 0 spiro atoms. The normalized spacial score (nSPS) is 14.1. The summed E-state index contributed by atoms with van der Waals surface area (Å²) in [5, 5.41) is 0. The second-order valence-corrected chi connectivity index (χ2v) is 7.87. The smallest absolute Gasteiger partial charge is 0.342 e. The lowest BCUT2D eigenvalue weighted by molar-refractivity contribution is 0.0472. The summed E-state index contributed by atoms with van der Waals surface area (Å²) in [5.41, 5.74) is 2.13. The lowest BCUT2D eigenvalue weighted by atomic mass is 9.84. The summed E-state index contributed by atoms with van der Waals surface area (Å²) < 4.78 is 11.1. The topological polar surface area (TPSA) is 52.6 Å². The van der Waals surface area contributed by atoms with Gasteiger partial charge in [-0.3, -0.25) is 4.79 Å². The molecular formula is C27H26O4. The van der Waals surface area contributed by atoms with Crippen LogP contribution in [0.5, 0.6) is 11.5 Å². The van der Waals surface area contributed by atoms with E-state index in [1.807, 2.05) is 54.6 Å². The van der Waals surface area contributed by atoms with Crippen LogP contribution in [-0.4, -0.2) is 18.4 Å². The van der Waals surface area contributed by atoms with E-state index in [1.165, 1.54) is 37.7 Å². The van der Waals surface area contributed by atoms with Crippen molar-refractivity contribution in [3.63, 3.8) is 0 Å². The molecule has 0 heterocycles. The van der Waals surface area contributed by atoms with Crippen LogP contribution in [0.3, 0.4) is 0 Å². The van der Waals surface area contributed by atoms with E-state index in [9.17, 15) is 9.59 Å². The fourth-order valence-corrected chi connectivity index (χ4v) is 4.01. The SMILES string of the molecule is O=C(COC(=O)c1ccccc1Oc1ccccc1)c1ccc(C2CCCCC2)cc1. The van der Waals surface area contributed by atoms with Crippen molar-refractivity contribution in [2.24, 2.45) is 0 Å². The molecule has 1 aliphatic rings. The van der Waals surface area contributed by atoms with E-state index in [-0.39, 0.29) is 18.0 Å². The minimum absolute atomic E-state index is 0.218. The van der Waals surface area contributed by atoms with Gasteiger partial charge in [-0.25, -0.2) is 4.79 Å². The van der Waals surface area contributed by atoms with E-state index in [2.05, 4.69) is 0 Å². The second kappa shape index (κ2) is 10.1. The van der Waals surface area contributed by atoms with E-state index in [0.29, 0.717) is 23.0 Å². The van der Waals surface area contributed by atoms with Gasteiger partial charge in [0.1, 0.15) is 17.1 Å². The Morgan fingerprint density at radius 2 is 1.45 bits per heavy atom. The first kappa shape index (κ1) is 20.9. The average molecular weight is 415 g/mol. The van der Waals surface area contributed by atoms with Gasteiger partial charge in [0.2, 0.25) is 0 Å². The van der Waals surface area contributed by atoms with Gasteiger partial charge in [0.25, 0.3) is 0 Å². The van der Waals surface area contributed by atoms with Crippen LogP contribution < -0.4 is 4.74 Å². The maximum atomic E-state index is 12.6. The first-order chi connectivity index (χ1) is 15.2. The Morgan fingerprint density at radius 1 is 0.774 bits per heavy atom.